The van der Waals surface area contributed by atoms with Gasteiger partial charge in [-0.05, 0) is 49.0 Å². The van der Waals surface area contributed by atoms with Crippen molar-refractivity contribution >= 4 is 44.9 Å². The van der Waals surface area contributed by atoms with Gasteiger partial charge in [-0.3, -0.25) is 10.1 Å². The van der Waals surface area contributed by atoms with Gasteiger partial charge in [0.2, 0.25) is 15.9 Å². The van der Waals surface area contributed by atoms with Crippen molar-refractivity contribution in [3.05, 3.63) is 72.3 Å². The van der Waals surface area contributed by atoms with E-state index >= 15 is 0 Å². The predicted octanol–water partition coefficient (Wildman–Crippen LogP) is 2.44. The molecule has 0 spiro atoms. The van der Waals surface area contributed by atoms with E-state index in [-0.39, 0.29) is 23.2 Å². The van der Waals surface area contributed by atoms with Crippen LogP contribution in [0.15, 0.2) is 71.6 Å². The number of hydrogen-bond acceptors (Lipinski definition) is 6. The number of carbonyl (C=O) groups is 2. The van der Waals surface area contributed by atoms with Crippen molar-refractivity contribution in [3.63, 3.8) is 0 Å². The van der Waals surface area contributed by atoms with Crippen molar-refractivity contribution < 1.29 is 22.7 Å². The summed E-state index contributed by atoms with van der Waals surface area (Å²) in [6, 6.07) is 15.3. The highest BCUT2D eigenvalue weighted by atomic mass is 32.2. The van der Waals surface area contributed by atoms with Gasteiger partial charge in [0.15, 0.2) is 5.11 Å². The minimum Gasteiger partial charge on any atom is -0.463 e. The van der Waals surface area contributed by atoms with Gasteiger partial charge in [-0.2, -0.15) is 4.31 Å². The topological polar surface area (TPSA) is 105 Å². The fourth-order valence-electron chi connectivity index (χ4n) is 2.47. The number of hydrogen-bond donors (Lipinski definition) is 2. The molecule has 2 aromatic carbocycles. The number of amides is 1. The van der Waals surface area contributed by atoms with E-state index in [2.05, 4.69) is 15.4 Å². The normalized spacial score (nSPS) is 11.3. The molecule has 2 aromatic rings. The molecule has 0 fully saturated rings. The van der Waals surface area contributed by atoms with Crippen LogP contribution < -0.4 is 10.6 Å². The third kappa shape index (κ3) is 7.59. The first-order valence-electron chi connectivity index (χ1n) is 9.29. The smallest absolute Gasteiger partial charge is 0.330 e. The SMILES string of the molecule is CCOC(=O)/C=C/C(=O)NC(=S)Nc1ccc(S(=O)(=O)N(C)Cc2ccccc2)cc1. The molecule has 2 N–H and O–H groups in total. The molecule has 8 nitrogen and oxygen atoms in total. The third-order valence-corrected chi connectivity index (χ3v) is 5.98. The summed E-state index contributed by atoms with van der Waals surface area (Å²) < 4.78 is 31.5. The minimum absolute atomic E-state index is 0.00434. The van der Waals surface area contributed by atoms with Crippen LogP contribution >= 0.6 is 12.2 Å². The second kappa shape index (κ2) is 11.3. The zero-order chi connectivity index (χ0) is 22.9. The Morgan fingerprint density at radius 3 is 2.32 bits per heavy atom. The molecule has 1 amide bonds. The van der Waals surface area contributed by atoms with Gasteiger partial charge in [-0.1, -0.05) is 30.3 Å². The first kappa shape index (κ1) is 24.2. The summed E-state index contributed by atoms with van der Waals surface area (Å²) in [5.74, 6) is -1.24. The van der Waals surface area contributed by atoms with Gasteiger partial charge >= 0.3 is 5.97 Å². The zero-order valence-electron chi connectivity index (χ0n) is 17.1. The molecule has 31 heavy (non-hydrogen) atoms. The summed E-state index contributed by atoms with van der Waals surface area (Å²) in [5, 5.41) is 5.15. The Morgan fingerprint density at radius 2 is 1.71 bits per heavy atom. The van der Waals surface area contributed by atoms with Crippen molar-refractivity contribution in [1.29, 1.82) is 0 Å². The average molecular weight is 462 g/mol. The summed E-state index contributed by atoms with van der Waals surface area (Å²) in [7, 11) is -2.15. The Bertz CT molecular complexity index is 1050. The van der Waals surface area contributed by atoms with Gasteiger partial charge < -0.3 is 10.1 Å². The summed E-state index contributed by atoms with van der Waals surface area (Å²) in [6.45, 7) is 2.11. The van der Waals surface area contributed by atoms with Crippen LogP contribution in [0.1, 0.15) is 12.5 Å². The highest BCUT2D eigenvalue weighted by Crippen LogP contribution is 2.19. The number of carbonyl (C=O) groups excluding carboxylic acids is 2. The summed E-state index contributed by atoms with van der Waals surface area (Å²) in [5.41, 5.74) is 1.37. The Morgan fingerprint density at radius 1 is 1.06 bits per heavy atom. The van der Waals surface area contributed by atoms with E-state index in [9.17, 15) is 18.0 Å². The molecular weight excluding hydrogens is 438 g/mol. The molecule has 0 unspecified atom stereocenters. The van der Waals surface area contributed by atoms with Gasteiger partial charge in [0, 0.05) is 31.4 Å². The van der Waals surface area contributed by atoms with Gasteiger partial charge in [-0.25, -0.2) is 13.2 Å². The van der Waals surface area contributed by atoms with E-state index in [1.54, 1.807) is 6.92 Å². The van der Waals surface area contributed by atoms with Gasteiger partial charge in [0.05, 0.1) is 11.5 Å². The molecule has 0 heterocycles. The number of anilines is 1. The van der Waals surface area contributed by atoms with E-state index in [1.807, 2.05) is 30.3 Å². The molecular formula is C21H23N3O5S2. The summed E-state index contributed by atoms with van der Waals surface area (Å²) >= 11 is 5.04. The first-order valence-corrected chi connectivity index (χ1v) is 11.1. The lowest BCUT2D eigenvalue weighted by Gasteiger charge is -2.17. The number of rotatable bonds is 8. The van der Waals surface area contributed by atoms with E-state index < -0.39 is 21.9 Å². The van der Waals surface area contributed by atoms with Crippen LogP contribution in [-0.2, 0) is 30.9 Å². The molecule has 0 aliphatic rings. The number of sulfonamides is 1. The average Bonchev–Trinajstić information content (AvgIpc) is 2.73. The van der Waals surface area contributed by atoms with Gasteiger partial charge in [-0.15, -0.1) is 0 Å². The van der Waals surface area contributed by atoms with E-state index in [0.29, 0.717) is 5.69 Å². The van der Waals surface area contributed by atoms with Crippen molar-refractivity contribution in [2.45, 2.75) is 18.4 Å². The monoisotopic (exact) mass is 461 g/mol. The second-order valence-electron chi connectivity index (χ2n) is 6.30. The van der Waals surface area contributed by atoms with Crippen LogP contribution in [0.3, 0.4) is 0 Å². The number of nitrogens with zero attached hydrogens (tertiary/aromatic N) is 1. The van der Waals surface area contributed by atoms with E-state index in [0.717, 1.165) is 17.7 Å². The summed E-state index contributed by atoms with van der Waals surface area (Å²) in [4.78, 5) is 23.1. The largest absolute Gasteiger partial charge is 0.463 e. The highest BCUT2D eigenvalue weighted by Gasteiger charge is 2.20. The predicted molar refractivity (Wildman–Crippen MR) is 122 cm³/mol. The molecule has 0 saturated heterocycles. The quantitative estimate of drug-likeness (QED) is 0.353. The maximum absolute atomic E-state index is 12.8. The molecule has 0 radical (unpaired) electrons. The molecule has 0 aromatic heterocycles. The minimum atomic E-state index is -3.67. The number of esters is 1. The van der Waals surface area contributed by atoms with Crippen molar-refractivity contribution in [2.24, 2.45) is 0 Å². The fraction of sp³-hybridized carbons (Fsp3) is 0.190. The van der Waals surface area contributed by atoms with Crippen LogP contribution in [-0.4, -0.2) is 43.4 Å². The standard InChI is InChI=1S/C21H23N3O5S2/c1-3-29-20(26)14-13-19(25)23-21(30)22-17-9-11-18(12-10-17)31(27,28)24(2)15-16-7-5-4-6-8-16/h4-14H,3,15H2,1-2H3,(H2,22,23,25,30)/b14-13+. The van der Waals surface area contributed by atoms with Crippen LogP contribution in [0.4, 0.5) is 5.69 Å². The van der Waals surface area contributed by atoms with Gasteiger partial charge in [0.25, 0.3) is 0 Å². The Hall–Kier alpha value is -3.08. The van der Waals surface area contributed by atoms with Crippen LogP contribution in [0.5, 0.6) is 0 Å². The first-order chi connectivity index (χ1) is 14.7. The maximum atomic E-state index is 12.8. The molecule has 2 rings (SSSR count). The second-order valence-corrected chi connectivity index (χ2v) is 8.75. The van der Waals surface area contributed by atoms with Crippen LogP contribution in [0.2, 0.25) is 0 Å². The van der Waals surface area contributed by atoms with Gasteiger partial charge in [0.1, 0.15) is 0 Å². The number of benzene rings is 2. The number of ether oxygens (including phenoxy) is 1. The molecule has 164 valence electrons. The highest BCUT2D eigenvalue weighted by molar-refractivity contribution is 7.89. The Labute approximate surface area is 186 Å². The fourth-order valence-corrected chi connectivity index (χ4v) is 3.84. The number of nitrogens with one attached hydrogen (secondary N) is 2. The maximum Gasteiger partial charge on any atom is 0.330 e. The lowest BCUT2D eigenvalue weighted by Crippen LogP contribution is -2.33. The van der Waals surface area contributed by atoms with Crippen LogP contribution in [0.25, 0.3) is 0 Å². The Kier molecular flexibility index (Phi) is 8.86. The van der Waals surface area contributed by atoms with Crippen LogP contribution in [0, 0.1) is 0 Å². The van der Waals surface area contributed by atoms with E-state index in [1.165, 1.54) is 35.6 Å². The van der Waals surface area contributed by atoms with Crippen molar-refractivity contribution in [2.75, 3.05) is 19.0 Å². The number of thiocarbonyl (C=S) groups is 1. The van der Waals surface area contributed by atoms with Crippen molar-refractivity contribution in [3.8, 4) is 0 Å². The molecule has 0 bridgehead atoms. The van der Waals surface area contributed by atoms with E-state index in [4.69, 9.17) is 12.2 Å². The third-order valence-electron chi connectivity index (χ3n) is 3.96. The molecule has 0 aliphatic heterocycles. The molecule has 10 heteroatoms. The molecule has 0 atom stereocenters. The Balaban J connectivity index is 1.95. The zero-order valence-corrected chi connectivity index (χ0v) is 18.7. The molecule has 0 aliphatic carbocycles. The lowest BCUT2D eigenvalue weighted by atomic mass is 10.2. The van der Waals surface area contributed by atoms with Crippen molar-refractivity contribution in [1.82, 2.24) is 9.62 Å². The summed E-state index contributed by atoms with van der Waals surface area (Å²) in [6.07, 6.45) is 2.00. The molecule has 0 saturated carbocycles. The lowest BCUT2D eigenvalue weighted by molar-refractivity contribution is -0.137.